The van der Waals surface area contributed by atoms with Crippen LogP contribution in [0.25, 0.3) is 0 Å². The fraction of sp³-hybridized carbons (Fsp3) is 0.158. The van der Waals surface area contributed by atoms with Crippen molar-refractivity contribution in [3.63, 3.8) is 0 Å². The molecule has 1 fully saturated rings. The van der Waals surface area contributed by atoms with Crippen LogP contribution in [0.1, 0.15) is 18.1 Å². The number of nitriles is 1. The highest BCUT2D eigenvalue weighted by Crippen LogP contribution is 2.35. The Bertz CT molecular complexity index is 917. The van der Waals surface area contributed by atoms with Crippen LogP contribution in [0, 0.1) is 11.3 Å². The molecule has 1 aromatic carbocycles. The van der Waals surface area contributed by atoms with Crippen molar-refractivity contribution in [2.45, 2.75) is 13.5 Å². The Morgan fingerprint density at radius 2 is 2.27 bits per heavy atom. The molecule has 1 aromatic heterocycles. The van der Waals surface area contributed by atoms with Crippen molar-refractivity contribution in [2.24, 2.45) is 4.99 Å². The zero-order valence-corrected chi connectivity index (χ0v) is 15.1. The molecule has 0 saturated carbocycles. The number of nitrogens with zero attached hydrogens (tertiary/aromatic N) is 4. The lowest BCUT2D eigenvalue weighted by molar-refractivity contribution is -0.122. The largest absolute Gasteiger partial charge is 0.384 e. The van der Waals surface area contributed by atoms with Gasteiger partial charge in [-0.2, -0.15) is 5.26 Å². The molecule has 0 unspecified atom stereocenters. The predicted molar refractivity (Wildman–Crippen MR) is 104 cm³/mol. The van der Waals surface area contributed by atoms with E-state index in [0.29, 0.717) is 27.9 Å². The van der Waals surface area contributed by atoms with E-state index in [4.69, 9.17) is 5.26 Å². The van der Waals surface area contributed by atoms with Gasteiger partial charge in [-0.1, -0.05) is 12.6 Å². The number of pyridine rings is 1. The standard InChI is InChI=1S/C19H17N5OS/c1-3-22-16-7-6-14(10-20)9-17(16)23-19-24(18(25)13(2)26-19)12-15-5-4-8-21-11-15/h4-9,11,22H,2-3,12H2,1H3. The summed E-state index contributed by atoms with van der Waals surface area (Å²) in [5, 5.41) is 12.9. The van der Waals surface area contributed by atoms with Crippen molar-refractivity contribution in [1.82, 2.24) is 9.88 Å². The zero-order valence-electron chi connectivity index (χ0n) is 14.3. The Morgan fingerprint density at radius 3 is 2.96 bits per heavy atom. The van der Waals surface area contributed by atoms with Crippen LogP contribution in [0.3, 0.4) is 0 Å². The number of nitrogens with one attached hydrogen (secondary N) is 1. The maximum Gasteiger partial charge on any atom is 0.266 e. The molecule has 0 atom stereocenters. The van der Waals surface area contributed by atoms with Crippen LogP contribution >= 0.6 is 11.8 Å². The molecular formula is C19H17N5OS. The van der Waals surface area contributed by atoms with Crippen molar-refractivity contribution in [1.29, 1.82) is 5.26 Å². The normalized spacial score (nSPS) is 15.4. The zero-order chi connectivity index (χ0) is 18.5. The van der Waals surface area contributed by atoms with Gasteiger partial charge >= 0.3 is 0 Å². The molecule has 2 heterocycles. The summed E-state index contributed by atoms with van der Waals surface area (Å²) >= 11 is 1.24. The molecule has 1 aliphatic rings. The van der Waals surface area contributed by atoms with Crippen LogP contribution in [0.2, 0.25) is 0 Å². The first-order chi connectivity index (χ1) is 12.6. The lowest BCUT2D eigenvalue weighted by Crippen LogP contribution is -2.28. The second-order valence-electron chi connectivity index (χ2n) is 5.55. The smallest absolute Gasteiger partial charge is 0.266 e. The number of hydrogen-bond donors (Lipinski definition) is 1. The fourth-order valence-corrected chi connectivity index (χ4v) is 3.30. The Balaban J connectivity index is 1.99. The number of aromatic nitrogens is 1. The van der Waals surface area contributed by atoms with Crippen molar-refractivity contribution < 1.29 is 4.79 Å². The van der Waals surface area contributed by atoms with E-state index in [9.17, 15) is 4.79 Å². The van der Waals surface area contributed by atoms with Gasteiger partial charge in [0.15, 0.2) is 5.17 Å². The SMILES string of the molecule is C=C1SC(=Nc2cc(C#N)ccc2NCC)N(Cc2cccnc2)C1=O. The molecular weight excluding hydrogens is 346 g/mol. The van der Waals surface area contributed by atoms with Gasteiger partial charge in [0.25, 0.3) is 5.91 Å². The number of amides is 1. The lowest BCUT2D eigenvalue weighted by atomic mass is 10.2. The van der Waals surface area contributed by atoms with Gasteiger partial charge < -0.3 is 5.32 Å². The van der Waals surface area contributed by atoms with E-state index < -0.39 is 0 Å². The number of benzene rings is 1. The van der Waals surface area contributed by atoms with Gasteiger partial charge in [0.05, 0.1) is 34.5 Å². The maximum absolute atomic E-state index is 12.5. The van der Waals surface area contributed by atoms with Gasteiger partial charge in [-0.25, -0.2) is 4.99 Å². The number of anilines is 1. The molecule has 130 valence electrons. The summed E-state index contributed by atoms with van der Waals surface area (Å²) in [6, 6.07) is 11.1. The average molecular weight is 363 g/mol. The minimum absolute atomic E-state index is 0.168. The van der Waals surface area contributed by atoms with Gasteiger partial charge in [0.2, 0.25) is 0 Å². The molecule has 2 aromatic rings. The minimum atomic E-state index is -0.168. The van der Waals surface area contributed by atoms with Crippen LogP contribution in [0.15, 0.2) is 59.2 Å². The quantitative estimate of drug-likeness (QED) is 0.820. The predicted octanol–water partition coefficient (Wildman–Crippen LogP) is 3.66. The summed E-state index contributed by atoms with van der Waals surface area (Å²) in [5.74, 6) is -0.168. The first-order valence-electron chi connectivity index (χ1n) is 8.06. The Kier molecular flexibility index (Phi) is 5.34. The second kappa shape index (κ2) is 7.85. The molecule has 1 N–H and O–H groups in total. The van der Waals surface area contributed by atoms with Gasteiger partial charge in [0.1, 0.15) is 0 Å². The third kappa shape index (κ3) is 3.76. The number of thioether (sulfide) groups is 1. The highest BCUT2D eigenvalue weighted by atomic mass is 32.2. The summed E-state index contributed by atoms with van der Waals surface area (Å²) in [7, 11) is 0. The van der Waals surface area contributed by atoms with Crippen LogP contribution in [0.5, 0.6) is 0 Å². The van der Waals surface area contributed by atoms with Crippen molar-refractivity contribution in [3.8, 4) is 6.07 Å². The molecule has 0 radical (unpaired) electrons. The Morgan fingerprint density at radius 1 is 1.42 bits per heavy atom. The van der Waals surface area contributed by atoms with E-state index in [1.807, 2.05) is 25.1 Å². The highest BCUT2D eigenvalue weighted by Gasteiger charge is 2.32. The van der Waals surface area contributed by atoms with Crippen molar-refractivity contribution in [2.75, 3.05) is 11.9 Å². The number of carbonyl (C=O) groups excluding carboxylic acids is 1. The van der Waals surface area contributed by atoms with Crippen LogP contribution in [0.4, 0.5) is 11.4 Å². The van der Waals surface area contributed by atoms with Gasteiger partial charge in [-0.3, -0.25) is 14.7 Å². The van der Waals surface area contributed by atoms with Crippen LogP contribution in [-0.4, -0.2) is 27.5 Å². The van der Waals surface area contributed by atoms with Gasteiger partial charge in [0, 0.05) is 18.9 Å². The first-order valence-corrected chi connectivity index (χ1v) is 8.88. The summed E-state index contributed by atoms with van der Waals surface area (Å²) in [6.45, 7) is 6.90. The summed E-state index contributed by atoms with van der Waals surface area (Å²) in [6.07, 6.45) is 3.41. The van der Waals surface area contributed by atoms with E-state index in [2.05, 4.69) is 27.9 Å². The summed E-state index contributed by atoms with van der Waals surface area (Å²) < 4.78 is 0. The van der Waals surface area contributed by atoms with E-state index in [1.165, 1.54) is 11.8 Å². The molecule has 3 rings (SSSR count). The highest BCUT2D eigenvalue weighted by molar-refractivity contribution is 8.18. The monoisotopic (exact) mass is 363 g/mol. The minimum Gasteiger partial charge on any atom is -0.384 e. The molecule has 1 saturated heterocycles. The van der Waals surface area contributed by atoms with Crippen molar-refractivity contribution in [3.05, 3.63) is 65.3 Å². The second-order valence-corrected chi connectivity index (χ2v) is 6.61. The fourth-order valence-electron chi connectivity index (χ4n) is 2.48. The number of aliphatic imine (C=N–C) groups is 1. The third-order valence-corrected chi connectivity index (χ3v) is 4.62. The Hall–Kier alpha value is -3.11. The van der Waals surface area contributed by atoms with E-state index in [1.54, 1.807) is 29.4 Å². The number of hydrogen-bond acceptors (Lipinski definition) is 6. The summed E-state index contributed by atoms with van der Waals surface area (Å²) in [4.78, 5) is 23.2. The maximum atomic E-state index is 12.5. The number of carbonyl (C=O) groups is 1. The molecule has 6 nitrogen and oxygen atoms in total. The Labute approximate surface area is 156 Å². The first kappa shape index (κ1) is 17.7. The lowest BCUT2D eigenvalue weighted by Gasteiger charge is -2.16. The molecule has 1 aliphatic heterocycles. The van der Waals surface area contributed by atoms with Crippen LogP contribution < -0.4 is 5.32 Å². The van der Waals surface area contributed by atoms with E-state index in [-0.39, 0.29) is 5.91 Å². The van der Waals surface area contributed by atoms with Crippen molar-refractivity contribution >= 4 is 34.2 Å². The molecule has 1 amide bonds. The number of amidine groups is 1. The molecule has 0 bridgehead atoms. The van der Waals surface area contributed by atoms with E-state index >= 15 is 0 Å². The molecule has 0 aliphatic carbocycles. The average Bonchev–Trinajstić information content (AvgIpc) is 2.91. The van der Waals surface area contributed by atoms with Gasteiger partial charge in [-0.15, -0.1) is 0 Å². The third-order valence-electron chi connectivity index (χ3n) is 3.70. The van der Waals surface area contributed by atoms with E-state index in [0.717, 1.165) is 17.8 Å². The summed E-state index contributed by atoms with van der Waals surface area (Å²) in [5.41, 5.74) is 2.84. The van der Waals surface area contributed by atoms with Crippen LogP contribution in [-0.2, 0) is 11.3 Å². The topological polar surface area (TPSA) is 81.4 Å². The molecule has 7 heteroatoms. The molecule has 26 heavy (non-hydrogen) atoms. The van der Waals surface area contributed by atoms with Gasteiger partial charge in [-0.05, 0) is 48.5 Å². The molecule has 0 spiro atoms. The number of rotatable bonds is 5.